The normalized spacial score (nSPS) is 16.2. The number of hydrogen-bond acceptors (Lipinski definition) is 1. The van der Waals surface area contributed by atoms with Crippen LogP contribution in [0.1, 0.15) is 6.42 Å². The summed E-state index contributed by atoms with van der Waals surface area (Å²) in [6.45, 7) is 1.46. The first-order valence-electron chi connectivity index (χ1n) is 2.28. The molecule has 1 fully saturated rings. The van der Waals surface area contributed by atoms with Gasteiger partial charge in [-0.25, -0.2) is 4.79 Å². The summed E-state index contributed by atoms with van der Waals surface area (Å²) in [7, 11) is 0. The van der Waals surface area contributed by atoms with Crippen molar-refractivity contribution >= 4 is 57.5 Å². The van der Waals surface area contributed by atoms with Gasteiger partial charge in [-0.2, -0.15) is 0 Å². The number of rotatable bonds is 0. The number of carboxylic acid groups (broad SMARTS) is 1. The fourth-order valence-corrected chi connectivity index (χ4v) is 0.508. The van der Waals surface area contributed by atoms with Crippen molar-refractivity contribution < 1.29 is 9.90 Å². The molecule has 1 heterocycles. The summed E-state index contributed by atoms with van der Waals surface area (Å²) in [6, 6.07) is 0. The van der Waals surface area contributed by atoms with E-state index in [0.717, 1.165) is 19.5 Å². The molecule has 0 unspecified atom stereocenters. The molecule has 1 saturated heterocycles. The Morgan fingerprint density at radius 1 is 1.50 bits per heavy atom. The van der Waals surface area contributed by atoms with Crippen molar-refractivity contribution in [3.05, 3.63) is 0 Å². The third-order valence-electron chi connectivity index (χ3n) is 1.13. The van der Waals surface area contributed by atoms with E-state index in [4.69, 9.17) is 5.11 Å². The molecule has 0 aliphatic carbocycles. The monoisotopic (exact) mass is 141 g/mol. The Labute approximate surface area is 90.5 Å². The van der Waals surface area contributed by atoms with E-state index in [9.17, 15) is 4.79 Å². The first kappa shape index (κ1) is 8.91. The molecule has 0 radical (unpaired) electrons. The summed E-state index contributed by atoms with van der Waals surface area (Å²) in [4.78, 5) is 11.3. The van der Waals surface area contributed by atoms with Crippen LogP contribution in [0.5, 0.6) is 0 Å². The van der Waals surface area contributed by atoms with E-state index >= 15 is 0 Å². The van der Waals surface area contributed by atoms with Crippen molar-refractivity contribution in [3.8, 4) is 0 Å². The molecule has 1 amide bonds. The van der Waals surface area contributed by atoms with Crippen LogP contribution >= 0.6 is 0 Å². The molecule has 0 aromatic rings. The van der Waals surface area contributed by atoms with Crippen LogP contribution in [0.4, 0.5) is 4.79 Å². The Bertz CT molecular complexity index is 92.0. The summed E-state index contributed by atoms with van der Waals surface area (Å²) in [5.74, 6) is 0. The number of carbonyl (C=O) groups is 1. The molecule has 0 atom stereocenters. The summed E-state index contributed by atoms with van der Waals surface area (Å²) in [5.41, 5.74) is 0. The van der Waals surface area contributed by atoms with E-state index in [1.165, 1.54) is 4.90 Å². The zero-order chi connectivity index (χ0) is 5.28. The van der Waals surface area contributed by atoms with Crippen molar-refractivity contribution in [2.24, 2.45) is 0 Å². The fourth-order valence-electron chi connectivity index (χ4n) is 0.508. The van der Waals surface area contributed by atoms with Crippen LogP contribution in [0.2, 0.25) is 0 Å². The van der Waals surface area contributed by atoms with E-state index in [1.54, 1.807) is 0 Å². The molecule has 1 N–H and O–H groups in total. The molecule has 42 valence electrons. The topological polar surface area (TPSA) is 40.5 Å². The summed E-state index contributed by atoms with van der Waals surface area (Å²) in [6.07, 6.45) is 0.248. The SMILES string of the molecule is O=C(O)N1CCC1.[KH]. The molecule has 8 heavy (non-hydrogen) atoms. The van der Waals surface area contributed by atoms with Crippen LogP contribution in [0.15, 0.2) is 0 Å². The molecule has 0 bridgehead atoms. The third-order valence-corrected chi connectivity index (χ3v) is 1.13. The van der Waals surface area contributed by atoms with E-state index < -0.39 is 6.09 Å². The van der Waals surface area contributed by atoms with Crippen molar-refractivity contribution in [2.75, 3.05) is 13.1 Å². The molecule has 0 saturated carbocycles. The van der Waals surface area contributed by atoms with Crippen molar-refractivity contribution in [3.63, 3.8) is 0 Å². The van der Waals surface area contributed by atoms with E-state index in [1.807, 2.05) is 0 Å². The third kappa shape index (κ3) is 2.03. The molecule has 0 aromatic carbocycles. The Hall–Kier alpha value is 0.906. The fraction of sp³-hybridized carbons (Fsp3) is 0.750. The van der Waals surface area contributed by atoms with Crippen molar-refractivity contribution in [1.82, 2.24) is 4.90 Å². The van der Waals surface area contributed by atoms with Crippen LogP contribution in [0.3, 0.4) is 0 Å². The van der Waals surface area contributed by atoms with Gasteiger partial charge in [-0.05, 0) is 6.42 Å². The molecular weight excluding hydrogens is 133 g/mol. The second kappa shape index (κ2) is 3.84. The summed E-state index contributed by atoms with van der Waals surface area (Å²) >= 11 is 0. The van der Waals surface area contributed by atoms with Gasteiger partial charge in [0.2, 0.25) is 0 Å². The minimum absolute atomic E-state index is 0. The number of likely N-dealkylation sites (tertiary alicyclic amines) is 1. The van der Waals surface area contributed by atoms with Crippen LogP contribution < -0.4 is 0 Å². The van der Waals surface area contributed by atoms with Crippen LogP contribution in [0, 0.1) is 0 Å². The quantitative estimate of drug-likeness (QED) is 0.471. The first-order valence-corrected chi connectivity index (χ1v) is 2.28. The second-order valence-corrected chi connectivity index (χ2v) is 1.62. The summed E-state index contributed by atoms with van der Waals surface area (Å²) < 4.78 is 0. The van der Waals surface area contributed by atoms with E-state index in [0.29, 0.717) is 0 Å². The van der Waals surface area contributed by atoms with Crippen molar-refractivity contribution in [1.29, 1.82) is 0 Å². The second-order valence-electron chi connectivity index (χ2n) is 1.62. The van der Waals surface area contributed by atoms with Gasteiger partial charge in [0.15, 0.2) is 0 Å². The van der Waals surface area contributed by atoms with Gasteiger partial charge in [0.1, 0.15) is 0 Å². The summed E-state index contributed by atoms with van der Waals surface area (Å²) in [5, 5.41) is 8.16. The van der Waals surface area contributed by atoms with Crippen LogP contribution in [-0.4, -0.2) is 80.6 Å². The Kier molecular flexibility index (Phi) is 4.28. The van der Waals surface area contributed by atoms with Gasteiger partial charge < -0.3 is 10.0 Å². The van der Waals surface area contributed by atoms with Gasteiger partial charge >= 0.3 is 57.5 Å². The van der Waals surface area contributed by atoms with Gasteiger partial charge in [0.25, 0.3) is 0 Å². The molecule has 1 rings (SSSR count). The molecular formula is C4H8KNO2. The number of amides is 1. The maximum absolute atomic E-state index is 9.91. The Balaban J connectivity index is 0.000000490. The van der Waals surface area contributed by atoms with E-state index in [-0.39, 0.29) is 51.4 Å². The van der Waals surface area contributed by atoms with Crippen molar-refractivity contribution in [2.45, 2.75) is 6.42 Å². The Morgan fingerprint density at radius 3 is 2.00 bits per heavy atom. The average molecular weight is 141 g/mol. The molecule has 1 aliphatic rings. The van der Waals surface area contributed by atoms with Gasteiger partial charge in [-0.15, -0.1) is 0 Å². The van der Waals surface area contributed by atoms with Gasteiger partial charge in [0.05, 0.1) is 0 Å². The minimum atomic E-state index is -0.786. The standard InChI is InChI=1S/C4H7NO2.K.H/c6-4(7)5-2-1-3-5;;/h1-3H2,(H,6,7);;. The van der Waals surface area contributed by atoms with E-state index in [2.05, 4.69) is 0 Å². The predicted molar refractivity (Wildman–Crippen MR) is 31.4 cm³/mol. The van der Waals surface area contributed by atoms with Crippen LogP contribution in [0.25, 0.3) is 0 Å². The molecule has 4 heteroatoms. The molecule has 3 nitrogen and oxygen atoms in total. The maximum atomic E-state index is 9.91. The average Bonchev–Trinajstić information content (AvgIpc) is 1.23. The van der Waals surface area contributed by atoms with Gasteiger partial charge in [-0.3, -0.25) is 0 Å². The number of hydrogen-bond donors (Lipinski definition) is 1. The first-order chi connectivity index (χ1) is 3.30. The predicted octanol–water partition coefficient (Wildman–Crippen LogP) is -0.278. The zero-order valence-corrected chi connectivity index (χ0v) is 3.92. The molecule has 1 aliphatic heterocycles. The van der Waals surface area contributed by atoms with Gasteiger partial charge in [-0.1, -0.05) is 0 Å². The molecule has 0 spiro atoms. The van der Waals surface area contributed by atoms with Gasteiger partial charge in [0, 0.05) is 13.1 Å². The molecule has 0 aromatic heterocycles. The van der Waals surface area contributed by atoms with Crippen LogP contribution in [-0.2, 0) is 0 Å². The Morgan fingerprint density at radius 2 is 2.00 bits per heavy atom. The number of nitrogens with zero attached hydrogens (tertiary/aromatic N) is 1. The zero-order valence-electron chi connectivity index (χ0n) is 3.92.